The molecule has 1 N–H and O–H groups in total. The van der Waals surface area contributed by atoms with E-state index >= 15 is 0 Å². The van der Waals surface area contributed by atoms with Crippen molar-refractivity contribution in [3.8, 4) is 0 Å². The van der Waals surface area contributed by atoms with Gasteiger partial charge in [0.1, 0.15) is 10.6 Å². The summed E-state index contributed by atoms with van der Waals surface area (Å²) in [6.45, 7) is 6.21. The number of aromatic nitrogens is 3. The van der Waals surface area contributed by atoms with Crippen molar-refractivity contribution in [2.45, 2.75) is 56.9 Å². The maximum Gasteiger partial charge on any atom is 0.248 e. The summed E-state index contributed by atoms with van der Waals surface area (Å²) in [5, 5.41) is 11.2. The van der Waals surface area contributed by atoms with Gasteiger partial charge in [-0.3, -0.25) is 10.1 Å². The average Bonchev–Trinajstić information content (AvgIpc) is 3.47. The van der Waals surface area contributed by atoms with Gasteiger partial charge >= 0.3 is 0 Å². The number of hydrogen-bond acceptors (Lipinski definition) is 9. The van der Waals surface area contributed by atoms with E-state index in [1.807, 2.05) is 0 Å². The lowest BCUT2D eigenvalue weighted by Crippen LogP contribution is -2.54. The zero-order valence-corrected chi connectivity index (χ0v) is 18.9. The van der Waals surface area contributed by atoms with Crippen molar-refractivity contribution >= 4 is 15.9 Å². The van der Waals surface area contributed by atoms with E-state index in [0.717, 1.165) is 25.7 Å². The van der Waals surface area contributed by atoms with E-state index in [0.29, 0.717) is 30.5 Å². The van der Waals surface area contributed by atoms with Gasteiger partial charge in [0, 0.05) is 33.1 Å². The quantitative estimate of drug-likeness (QED) is 0.677. The number of rotatable bonds is 6. The Labute approximate surface area is 181 Å². The van der Waals surface area contributed by atoms with Gasteiger partial charge in [0.2, 0.25) is 21.8 Å². The molecule has 0 radical (unpaired) electrons. The van der Waals surface area contributed by atoms with Crippen molar-refractivity contribution in [1.82, 2.24) is 29.8 Å². The smallest absolute Gasteiger partial charge is 0.248 e. The molecule has 2 aromatic rings. The molecule has 1 amide bonds. The molecule has 1 saturated carbocycles. The van der Waals surface area contributed by atoms with Crippen molar-refractivity contribution in [1.29, 1.82) is 0 Å². The van der Waals surface area contributed by atoms with Crippen LogP contribution < -0.4 is 5.32 Å². The normalized spacial score (nSPS) is 19.8. The zero-order chi connectivity index (χ0) is 22.2. The van der Waals surface area contributed by atoms with E-state index in [1.165, 1.54) is 4.31 Å². The molecule has 4 rings (SSSR count). The van der Waals surface area contributed by atoms with Crippen LogP contribution in [-0.2, 0) is 20.4 Å². The van der Waals surface area contributed by atoms with Gasteiger partial charge in [-0.25, -0.2) is 8.42 Å². The predicted molar refractivity (Wildman–Crippen MR) is 108 cm³/mol. The third-order valence-electron chi connectivity index (χ3n) is 6.15. The van der Waals surface area contributed by atoms with E-state index < -0.39 is 15.6 Å². The molecule has 12 heteroatoms. The second kappa shape index (κ2) is 8.32. The number of nitrogens with one attached hydrogen (secondary N) is 1. The fourth-order valence-electron chi connectivity index (χ4n) is 4.46. The van der Waals surface area contributed by atoms with Crippen LogP contribution in [0.2, 0.25) is 0 Å². The summed E-state index contributed by atoms with van der Waals surface area (Å²) in [6, 6.07) is 0. The van der Waals surface area contributed by atoms with Crippen molar-refractivity contribution in [2.75, 3.05) is 32.7 Å². The average molecular weight is 453 g/mol. The molecule has 2 aromatic heterocycles. The molecule has 1 aliphatic heterocycles. The molecule has 11 nitrogen and oxygen atoms in total. The standard InChI is InChI=1S/C19H28N6O5S/c1-13-17(14(2)29-22-13)31(27,28)25-10-8-24(9-11-25)16(26)12-20-19(6-4-5-7-19)18-21-15(3)30-23-18/h20H,4-12H2,1-3H3. The van der Waals surface area contributed by atoms with Crippen LogP contribution in [0.5, 0.6) is 0 Å². The van der Waals surface area contributed by atoms with E-state index in [1.54, 1.807) is 25.7 Å². The summed E-state index contributed by atoms with van der Waals surface area (Å²) in [5.41, 5.74) is -0.0965. The molecule has 0 aromatic carbocycles. The number of nitrogens with zero attached hydrogens (tertiary/aromatic N) is 5. The highest BCUT2D eigenvalue weighted by atomic mass is 32.2. The van der Waals surface area contributed by atoms with Gasteiger partial charge in [0.05, 0.1) is 12.1 Å². The Bertz CT molecular complexity index is 1030. The Morgan fingerprint density at radius 1 is 1.06 bits per heavy atom. The number of amides is 1. The van der Waals surface area contributed by atoms with Crippen LogP contribution in [0, 0.1) is 20.8 Å². The summed E-state index contributed by atoms with van der Waals surface area (Å²) in [6.07, 6.45) is 3.77. The van der Waals surface area contributed by atoms with Crippen LogP contribution in [0.25, 0.3) is 0 Å². The molecule has 0 bridgehead atoms. The Hall–Kier alpha value is -2.31. The third kappa shape index (κ3) is 4.11. The van der Waals surface area contributed by atoms with Crippen LogP contribution in [0.3, 0.4) is 0 Å². The van der Waals surface area contributed by atoms with Crippen LogP contribution >= 0.6 is 0 Å². The fourth-order valence-corrected chi connectivity index (χ4v) is 6.17. The van der Waals surface area contributed by atoms with E-state index in [4.69, 9.17) is 9.05 Å². The lowest BCUT2D eigenvalue weighted by molar-refractivity contribution is -0.131. The molecule has 0 unspecified atom stereocenters. The minimum absolute atomic E-state index is 0.0686. The van der Waals surface area contributed by atoms with Gasteiger partial charge in [0.25, 0.3) is 0 Å². The fraction of sp³-hybridized carbons (Fsp3) is 0.684. The Balaban J connectivity index is 1.36. The summed E-state index contributed by atoms with van der Waals surface area (Å²) in [5.74, 6) is 1.32. The second-order valence-electron chi connectivity index (χ2n) is 8.22. The second-order valence-corrected chi connectivity index (χ2v) is 10.1. The van der Waals surface area contributed by atoms with Crippen molar-refractivity contribution < 1.29 is 22.3 Å². The molecule has 170 valence electrons. The number of sulfonamides is 1. The maximum atomic E-state index is 13.0. The summed E-state index contributed by atoms with van der Waals surface area (Å²) < 4.78 is 37.5. The molecule has 3 heterocycles. The first-order valence-corrected chi connectivity index (χ1v) is 11.9. The van der Waals surface area contributed by atoms with E-state index in [2.05, 4.69) is 20.6 Å². The van der Waals surface area contributed by atoms with Crippen LogP contribution in [-0.4, -0.2) is 71.6 Å². The van der Waals surface area contributed by atoms with Crippen molar-refractivity contribution in [3.63, 3.8) is 0 Å². The molecule has 1 aliphatic carbocycles. The predicted octanol–water partition coefficient (Wildman–Crippen LogP) is 0.875. The Kier molecular flexibility index (Phi) is 5.88. The number of carbonyl (C=O) groups excluding carboxylic acids is 1. The summed E-state index contributed by atoms with van der Waals surface area (Å²) in [4.78, 5) is 19.0. The lowest BCUT2D eigenvalue weighted by Gasteiger charge is -2.35. The van der Waals surface area contributed by atoms with E-state index in [-0.39, 0.29) is 36.2 Å². The minimum Gasteiger partial charge on any atom is -0.360 e. The molecule has 0 spiro atoms. The van der Waals surface area contributed by atoms with Gasteiger partial charge in [-0.15, -0.1) is 0 Å². The lowest BCUT2D eigenvalue weighted by atomic mass is 9.96. The Morgan fingerprint density at radius 3 is 2.29 bits per heavy atom. The molecule has 0 atom stereocenters. The van der Waals surface area contributed by atoms with Crippen LogP contribution in [0.4, 0.5) is 0 Å². The molecule has 1 saturated heterocycles. The monoisotopic (exact) mass is 452 g/mol. The first-order chi connectivity index (χ1) is 14.7. The first-order valence-electron chi connectivity index (χ1n) is 10.5. The third-order valence-corrected chi connectivity index (χ3v) is 8.29. The summed E-state index contributed by atoms with van der Waals surface area (Å²) in [7, 11) is -3.70. The topological polar surface area (TPSA) is 135 Å². The van der Waals surface area contributed by atoms with Gasteiger partial charge in [-0.05, 0) is 26.7 Å². The molecule has 2 fully saturated rings. The number of carbonyl (C=O) groups is 1. The number of hydrogen-bond donors (Lipinski definition) is 1. The highest BCUT2D eigenvalue weighted by molar-refractivity contribution is 7.89. The summed E-state index contributed by atoms with van der Waals surface area (Å²) >= 11 is 0. The van der Waals surface area contributed by atoms with Crippen LogP contribution in [0.15, 0.2) is 13.9 Å². The van der Waals surface area contributed by atoms with Crippen LogP contribution in [0.1, 0.15) is 48.9 Å². The first kappa shape index (κ1) is 21.9. The largest absolute Gasteiger partial charge is 0.360 e. The molecular formula is C19H28N6O5S. The highest BCUT2D eigenvalue weighted by Crippen LogP contribution is 2.37. The number of piperazine rings is 1. The number of aryl methyl sites for hydroxylation is 3. The highest BCUT2D eigenvalue weighted by Gasteiger charge is 2.40. The SMILES string of the molecule is Cc1nc(C2(NCC(=O)N3CCN(S(=O)(=O)c4c(C)noc4C)CC3)CCCC2)no1. The zero-order valence-electron chi connectivity index (χ0n) is 18.0. The molecule has 31 heavy (non-hydrogen) atoms. The van der Waals surface area contributed by atoms with Gasteiger partial charge < -0.3 is 13.9 Å². The van der Waals surface area contributed by atoms with Gasteiger partial charge in [-0.2, -0.15) is 9.29 Å². The van der Waals surface area contributed by atoms with E-state index in [9.17, 15) is 13.2 Å². The Morgan fingerprint density at radius 2 is 1.74 bits per heavy atom. The molecular weight excluding hydrogens is 424 g/mol. The van der Waals surface area contributed by atoms with Gasteiger partial charge in [0.15, 0.2) is 11.6 Å². The van der Waals surface area contributed by atoms with Crippen molar-refractivity contribution in [3.05, 3.63) is 23.2 Å². The maximum absolute atomic E-state index is 13.0. The molecule has 2 aliphatic rings. The van der Waals surface area contributed by atoms with Crippen molar-refractivity contribution in [2.24, 2.45) is 0 Å². The minimum atomic E-state index is -3.70. The van der Waals surface area contributed by atoms with Gasteiger partial charge in [-0.1, -0.05) is 23.2 Å².